The number of amides is 1. The molecule has 108 valence electrons. The van der Waals surface area contributed by atoms with Crippen molar-refractivity contribution in [3.63, 3.8) is 0 Å². The SMILES string of the molecule is CC(=O)c1ccc(OCC(=O)Nc2cccc(C)n2)cc1. The molecule has 2 rings (SSSR count). The van der Waals surface area contributed by atoms with Gasteiger partial charge in [-0.3, -0.25) is 9.59 Å². The summed E-state index contributed by atoms with van der Waals surface area (Å²) in [6.07, 6.45) is 0. The van der Waals surface area contributed by atoms with Crippen LogP contribution in [0.4, 0.5) is 5.82 Å². The first-order chi connectivity index (χ1) is 10.0. The molecule has 0 fully saturated rings. The molecule has 1 N–H and O–H groups in total. The summed E-state index contributed by atoms with van der Waals surface area (Å²) in [5, 5.41) is 2.65. The van der Waals surface area contributed by atoms with E-state index in [2.05, 4.69) is 10.3 Å². The molecule has 0 aliphatic carbocycles. The highest BCUT2D eigenvalue weighted by molar-refractivity contribution is 5.94. The average Bonchev–Trinajstić information content (AvgIpc) is 2.45. The van der Waals surface area contributed by atoms with Gasteiger partial charge in [-0.1, -0.05) is 6.07 Å². The number of Topliss-reactive ketones (excluding diaryl/α,β-unsaturated/α-hetero) is 1. The van der Waals surface area contributed by atoms with E-state index in [-0.39, 0.29) is 18.3 Å². The maximum atomic E-state index is 11.7. The second-order valence-corrected chi connectivity index (χ2v) is 4.58. The van der Waals surface area contributed by atoms with Crippen LogP contribution in [0.1, 0.15) is 23.0 Å². The topological polar surface area (TPSA) is 68.3 Å². The summed E-state index contributed by atoms with van der Waals surface area (Å²) in [6, 6.07) is 12.0. The second-order valence-electron chi connectivity index (χ2n) is 4.58. The van der Waals surface area contributed by atoms with Crippen LogP contribution in [0.15, 0.2) is 42.5 Å². The molecule has 0 aliphatic heterocycles. The third kappa shape index (κ3) is 4.42. The maximum Gasteiger partial charge on any atom is 0.263 e. The van der Waals surface area contributed by atoms with E-state index < -0.39 is 0 Å². The van der Waals surface area contributed by atoms with E-state index in [1.165, 1.54) is 6.92 Å². The summed E-state index contributed by atoms with van der Waals surface area (Å²) in [5.41, 5.74) is 1.43. The van der Waals surface area contributed by atoms with Gasteiger partial charge in [0.05, 0.1) is 0 Å². The molecule has 0 bridgehead atoms. The van der Waals surface area contributed by atoms with Crippen LogP contribution in [-0.2, 0) is 4.79 Å². The first-order valence-corrected chi connectivity index (χ1v) is 6.52. The molecule has 0 saturated carbocycles. The third-order valence-corrected chi connectivity index (χ3v) is 2.79. The van der Waals surface area contributed by atoms with Gasteiger partial charge in [0.25, 0.3) is 5.91 Å². The van der Waals surface area contributed by atoms with Crippen molar-refractivity contribution in [3.8, 4) is 5.75 Å². The number of ketones is 1. The molecule has 1 heterocycles. The number of pyridine rings is 1. The van der Waals surface area contributed by atoms with Crippen LogP contribution in [0.2, 0.25) is 0 Å². The lowest BCUT2D eigenvalue weighted by Crippen LogP contribution is -2.20. The van der Waals surface area contributed by atoms with Gasteiger partial charge in [0.2, 0.25) is 0 Å². The number of ether oxygens (including phenoxy) is 1. The molecule has 21 heavy (non-hydrogen) atoms. The van der Waals surface area contributed by atoms with Gasteiger partial charge in [0.1, 0.15) is 11.6 Å². The molecule has 0 aliphatic rings. The summed E-state index contributed by atoms with van der Waals surface area (Å²) < 4.78 is 5.35. The minimum Gasteiger partial charge on any atom is -0.484 e. The van der Waals surface area contributed by atoms with Crippen LogP contribution in [0.3, 0.4) is 0 Å². The zero-order valence-corrected chi connectivity index (χ0v) is 11.9. The van der Waals surface area contributed by atoms with E-state index in [0.717, 1.165) is 5.69 Å². The van der Waals surface area contributed by atoms with Gasteiger partial charge < -0.3 is 10.1 Å². The Bertz CT molecular complexity index is 651. The van der Waals surface area contributed by atoms with Crippen LogP contribution in [0.5, 0.6) is 5.75 Å². The van der Waals surface area contributed by atoms with Crippen molar-refractivity contribution >= 4 is 17.5 Å². The minimum atomic E-state index is -0.288. The number of carbonyl (C=O) groups excluding carboxylic acids is 2. The Morgan fingerprint density at radius 1 is 1.14 bits per heavy atom. The van der Waals surface area contributed by atoms with E-state index in [4.69, 9.17) is 4.74 Å². The second kappa shape index (κ2) is 6.65. The van der Waals surface area contributed by atoms with Crippen LogP contribution in [0.25, 0.3) is 0 Å². The lowest BCUT2D eigenvalue weighted by Gasteiger charge is -2.07. The molecule has 0 unspecified atom stereocenters. The summed E-state index contributed by atoms with van der Waals surface area (Å²) in [4.78, 5) is 27.1. The highest BCUT2D eigenvalue weighted by Crippen LogP contribution is 2.12. The van der Waals surface area contributed by atoms with Crippen molar-refractivity contribution in [1.82, 2.24) is 4.98 Å². The first-order valence-electron chi connectivity index (χ1n) is 6.52. The van der Waals surface area contributed by atoms with Crippen molar-refractivity contribution in [2.24, 2.45) is 0 Å². The normalized spacial score (nSPS) is 10.0. The molecule has 0 spiro atoms. The van der Waals surface area contributed by atoms with Gasteiger partial charge in [0.15, 0.2) is 12.4 Å². The number of carbonyl (C=O) groups is 2. The van der Waals surface area contributed by atoms with E-state index in [0.29, 0.717) is 17.1 Å². The predicted octanol–water partition coefficient (Wildman–Crippen LogP) is 2.61. The van der Waals surface area contributed by atoms with E-state index in [1.807, 2.05) is 19.1 Å². The van der Waals surface area contributed by atoms with E-state index in [9.17, 15) is 9.59 Å². The minimum absolute atomic E-state index is 0.00943. The van der Waals surface area contributed by atoms with E-state index >= 15 is 0 Å². The molecule has 0 atom stereocenters. The van der Waals surface area contributed by atoms with Crippen molar-refractivity contribution in [3.05, 3.63) is 53.7 Å². The molecule has 1 aromatic heterocycles. The number of hydrogen-bond acceptors (Lipinski definition) is 4. The standard InChI is InChI=1S/C16H16N2O3/c1-11-4-3-5-15(17-11)18-16(20)10-21-14-8-6-13(7-9-14)12(2)19/h3-9H,10H2,1-2H3,(H,17,18,20). The lowest BCUT2D eigenvalue weighted by molar-refractivity contribution is -0.118. The van der Waals surface area contributed by atoms with Gasteiger partial charge in [-0.25, -0.2) is 4.98 Å². The monoisotopic (exact) mass is 284 g/mol. The smallest absolute Gasteiger partial charge is 0.263 e. The molecule has 5 nitrogen and oxygen atoms in total. The van der Waals surface area contributed by atoms with Crippen LogP contribution in [0, 0.1) is 6.92 Å². The lowest BCUT2D eigenvalue weighted by atomic mass is 10.1. The van der Waals surface area contributed by atoms with E-state index in [1.54, 1.807) is 30.3 Å². The first kappa shape index (κ1) is 14.7. The summed E-state index contributed by atoms with van der Waals surface area (Å²) in [5.74, 6) is 0.733. The Morgan fingerprint density at radius 3 is 2.48 bits per heavy atom. The van der Waals surface area contributed by atoms with Crippen LogP contribution < -0.4 is 10.1 Å². The van der Waals surface area contributed by atoms with Gasteiger partial charge in [-0.05, 0) is 50.2 Å². The number of hydrogen-bond donors (Lipinski definition) is 1. The number of aromatic nitrogens is 1. The molecule has 0 radical (unpaired) electrons. The highest BCUT2D eigenvalue weighted by atomic mass is 16.5. The Kier molecular flexibility index (Phi) is 4.66. The number of nitrogens with one attached hydrogen (secondary N) is 1. The average molecular weight is 284 g/mol. The number of anilines is 1. The number of aryl methyl sites for hydroxylation is 1. The summed E-state index contributed by atoms with van der Waals surface area (Å²) >= 11 is 0. The Morgan fingerprint density at radius 2 is 1.86 bits per heavy atom. The molecule has 0 saturated heterocycles. The summed E-state index contributed by atoms with van der Waals surface area (Å²) in [7, 11) is 0. The highest BCUT2D eigenvalue weighted by Gasteiger charge is 2.05. The van der Waals surface area contributed by atoms with Crippen molar-refractivity contribution < 1.29 is 14.3 Å². The summed E-state index contributed by atoms with van der Waals surface area (Å²) in [6.45, 7) is 3.23. The fourth-order valence-electron chi connectivity index (χ4n) is 1.73. The molecular weight excluding hydrogens is 268 g/mol. The number of rotatable bonds is 5. The fraction of sp³-hybridized carbons (Fsp3) is 0.188. The molecule has 1 aromatic carbocycles. The van der Waals surface area contributed by atoms with Crippen molar-refractivity contribution in [2.45, 2.75) is 13.8 Å². The van der Waals surface area contributed by atoms with Gasteiger partial charge in [0, 0.05) is 11.3 Å². The fourth-order valence-corrected chi connectivity index (χ4v) is 1.73. The van der Waals surface area contributed by atoms with Crippen LogP contribution in [-0.4, -0.2) is 23.3 Å². The molecule has 2 aromatic rings. The maximum absolute atomic E-state index is 11.7. The predicted molar refractivity (Wildman–Crippen MR) is 79.5 cm³/mol. The Labute approximate surface area is 123 Å². The third-order valence-electron chi connectivity index (χ3n) is 2.79. The van der Waals surface area contributed by atoms with Crippen molar-refractivity contribution in [1.29, 1.82) is 0 Å². The largest absolute Gasteiger partial charge is 0.484 e. The van der Waals surface area contributed by atoms with Gasteiger partial charge in [-0.15, -0.1) is 0 Å². The van der Waals surface area contributed by atoms with Gasteiger partial charge in [-0.2, -0.15) is 0 Å². The zero-order valence-electron chi connectivity index (χ0n) is 11.9. The van der Waals surface area contributed by atoms with Gasteiger partial charge >= 0.3 is 0 Å². The molecule has 1 amide bonds. The number of benzene rings is 1. The quantitative estimate of drug-likeness (QED) is 0.857. The number of nitrogens with zero attached hydrogens (tertiary/aromatic N) is 1. The Hall–Kier alpha value is -2.69. The Balaban J connectivity index is 1.87. The zero-order chi connectivity index (χ0) is 15.2. The van der Waals surface area contributed by atoms with Crippen LogP contribution >= 0.6 is 0 Å². The molecule has 5 heteroatoms. The van der Waals surface area contributed by atoms with Crippen molar-refractivity contribution in [2.75, 3.05) is 11.9 Å². The molecular formula is C16H16N2O3.